The van der Waals surface area contributed by atoms with Gasteiger partial charge in [-0.1, -0.05) is 25.5 Å². The summed E-state index contributed by atoms with van der Waals surface area (Å²) < 4.78 is 13.3. The average molecular weight is 446 g/mol. The van der Waals surface area contributed by atoms with Crippen LogP contribution in [-0.4, -0.2) is 23.9 Å². The minimum Gasteiger partial charge on any atom is -0.494 e. The Labute approximate surface area is 195 Å². The molecule has 1 aromatic heterocycles. The lowest BCUT2D eigenvalue weighted by Gasteiger charge is -2.24. The number of amides is 1. The molecule has 33 heavy (non-hydrogen) atoms. The Balaban J connectivity index is 1.63. The molecule has 1 amide bonds. The van der Waals surface area contributed by atoms with Gasteiger partial charge in [0, 0.05) is 23.2 Å². The van der Waals surface area contributed by atoms with Crippen LogP contribution < -0.4 is 10.1 Å². The predicted octanol–water partition coefficient (Wildman–Crippen LogP) is 6.90. The van der Waals surface area contributed by atoms with E-state index in [9.17, 15) is 10.1 Å². The highest BCUT2D eigenvalue weighted by atomic mass is 16.5. The number of nitrogens with zero attached hydrogens (tertiary/aromatic N) is 2. The molecule has 6 nitrogen and oxygen atoms in total. The first-order valence-electron chi connectivity index (χ1n) is 11.8. The number of anilines is 1. The van der Waals surface area contributed by atoms with Crippen molar-refractivity contribution in [2.75, 3.05) is 18.5 Å². The minimum atomic E-state index is -0.428. The third-order valence-corrected chi connectivity index (χ3v) is 6.16. The Morgan fingerprint density at radius 2 is 1.97 bits per heavy atom. The summed E-state index contributed by atoms with van der Waals surface area (Å²) in [7, 11) is 0. The summed E-state index contributed by atoms with van der Waals surface area (Å²) in [5.41, 5.74) is 4.07. The fourth-order valence-electron chi connectivity index (χ4n) is 4.25. The fraction of sp³-hybridized carbons (Fsp3) is 0.407. The Bertz CT molecular complexity index is 1170. The molecule has 172 valence electrons. The topological polar surface area (TPSA) is 76.3 Å². The molecule has 3 aromatic rings. The Hall–Kier alpha value is -3.46. The maximum Gasteiger partial charge on any atom is 0.411 e. The number of nitriles is 1. The molecule has 6 heteroatoms. The van der Waals surface area contributed by atoms with Crippen LogP contribution in [-0.2, 0) is 4.74 Å². The molecule has 0 radical (unpaired) electrons. The molecule has 2 aromatic carbocycles. The number of aromatic nitrogens is 1. The lowest BCUT2D eigenvalue weighted by atomic mass is 9.86. The van der Waals surface area contributed by atoms with Crippen molar-refractivity contribution in [2.24, 2.45) is 5.92 Å². The van der Waals surface area contributed by atoms with E-state index in [4.69, 9.17) is 9.47 Å². The van der Waals surface area contributed by atoms with Crippen LogP contribution in [0.5, 0.6) is 5.75 Å². The lowest BCUT2D eigenvalue weighted by molar-refractivity contribution is 0.115. The van der Waals surface area contributed by atoms with E-state index in [2.05, 4.69) is 36.7 Å². The van der Waals surface area contributed by atoms with Crippen LogP contribution in [0.3, 0.4) is 0 Å². The van der Waals surface area contributed by atoms with E-state index in [1.165, 1.54) is 6.42 Å². The van der Waals surface area contributed by atoms with Crippen molar-refractivity contribution in [3.05, 3.63) is 48.0 Å². The molecule has 1 heterocycles. The van der Waals surface area contributed by atoms with Gasteiger partial charge in [0.05, 0.1) is 30.0 Å². The van der Waals surface area contributed by atoms with E-state index in [0.29, 0.717) is 30.4 Å². The average Bonchev–Trinajstić information content (AvgIpc) is 3.11. The van der Waals surface area contributed by atoms with Gasteiger partial charge in [0.25, 0.3) is 0 Å². The van der Waals surface area contributed by atoms with Gasteiger partial charge in [0.2, 0.25) is 0 Å². The second-order valence-corrected chi connectivity index (χ2v) is 8.92. The van der Waals surface area contributed by atoms with E-state index in [1.807, 2.05) is 42.5 Å². The van der Waals surface area contributed by atoms with Gasteiger partial charge in [-0.25, -0.2) is 4.79 Å². The number of nitrogens with one attached hydrogen (secondary N) is 1. The summed E-state index contributed by atoms with van der Waals surface area (Å²) in [4.78, 5) is 12.1. The number of hydrogen-bond donors (Lipinski definition) is 1. The highest BCUT2D eigenvalue weighted by Gasteiger charge is 2.22. The van der Waals surface area contributed by atoms with Crippen LogP contribution in [0.15, 0.2) is 42.5 Å². The van der Waals surface area contributed by atoms with Gasteiger partial charge in [-0.15, -0.1) is 0 Å². The molecule has 1 N–H and O–H groups in total. The molecule has 0 atom stereocenters. The Morgan fingerprint density at radius 3 is 2.58 bits per heavy atom. The zero-order valence-corrected chi connectivity index (χ0v) is 19.6. The molecule has 1 aliphatic rings. The quantitative estimate of drug-likeness (QED) is 0.409. The van der Waals surface area contributed by atoms with Gasteiger partial charge in [-0.3, -0.25) is 5.32 Å². The van der Waals surface area contributed by atoms with Crippen molar-refractivity contribution >= 4 is 22.7 Å². The third-order valence-electron chi connectivity index (χ3n) is 6.16. The molecular weight excluding hydrogens is 414 g/mol. The van der Waals surface area contributed by atoms with Gasteiger partial charge in [-0.05, 0) is 68.9 Å². The molecule has 0 unspecified atom stereocenters. The van der Waals surface area contributed by atoms with Crippen LogP contribution in [0.1, 0.15) is 58.1 Å². The predicted molar refractivity (Wildman–Crippen MR) is 131 cm³/mol. The van der Waals surface area contributed by atoms with E-state index >= 15 is 0 Å². The molecule has 1 aliphatic carbocycles. The largest absolute Gasteiger partial charge is 0.494 e. The summed E-state index contributed by atoms with van der Waals surface area (Å²) in [6.07, 6.45) is 4.01. The molecule has 0 saturated heterocycles. The van der Waals surface area contributed by atoms with E-state index < -0.39 is 6.09 Å². The molecule has 4 rings (SSSR count). The first-order chi connectivity index (χ1) is 16.0. The summed E-state index contributed by atoms with van der Waals surface area (Å²) in [6.45, 7) is 7.43. The number of carbonyl (C=O) groups is 1. The van der Waals surface area contributed by atoms with Gasteiger partial charge in [0.1, 0.15) is 11.8 Å². The van der Waals surface area contributed by atoms with Crippen molar-refractivity contribution in [2.45, 2.75) is 52.5 Å². The van der Waals surface area contributed by atoms with Crippen molar-refractivity contribution in [1.82, 2.24) is 4.57 Å². The molecule has 0 bridgehead atoms. The van der Waals surface area contributed by atoms with Gasteiger partial charge in [-0.2, -0.15) is 5.26 Å². The number of carbonyl (C=O) groups excluding carboxylic acids is 1. The van der Waals surface area contributed by atoms with Crippen molar-refractivity contribution in [3.63, 3.8) is 0 Å². The van der Waals surface area contributed by atoms with Gasteiger partial charge < -0.3 is 14.0 Å². The van der Waals surface area contributed by atoms with E-state index in [1.54, 1.807) is 0 Å². The Kier molecular flexibility index (Phi) is 6.88. The minimum absolute atomic E-state index is 0.144. The Morgan fingerprint density at radius 1 is 1.21 bits per heavy atom. The SMILES string of the molecule is CCCOc1ccc2c(C#N)c(-c3ccc(NC(=O)OCC4CCC4)cc3)n(C(C)C)c2c1. The monoisotopic (exact) mass is 445 g/mol. The molecule has 0 spiro atoms. The molecule has 1 saturated carbocycles. The summed E-state index contributed by atoms with van der Waals surface area (Å²) in [6, 6.07) is 16.0. The molecule has 1 fully saturated rings. The zero-order valence-electron chi connectivity index (χ0n) is 19.6. The first kappa shape index (κ1) is 22.7. The van der Waals surface area contributed by atoms with E-state index in [0.717, 1.165) is 47.2 Å². The summed E-state index contributed by atoms with van der Waals surface area (Å²) >= 11 is 0. The number of ether oxygens (including phenoxy) is 2. The van der Waals surface area contributed by atoms with Crippen LogP contribution in [0.25, 0.3) is 22.2 Å². The van der Waals surface area contributed by atoms with Crippen LogP contribution in [0, 0.1) is 17.2 Å². The van der Waals surface area contributed by atoms with Crippen LogP contribution >= 0.6 is 0 Å². The zero-order chi connectivity index (χ0) is 23.4. The van der Waals surface area contributed by atoms with Crippen LogP contribution in [0.2, 0.25) is 0 Å². The third kappa shape index (κ3) is 4.83. The maximum absolute atomic E-state index is 12.1. The number of fused-ring (bicyclic) bond motifs is 1. The van der Waals surface area contributed by atoms with Crippen molar-refractivity contribution in [3.8, 4) is 23.1 Å². The second-order valence-electron chi connectivity index (χ2n) is 8.92. The second kappa shape index (κ2) is 9.99. The standard InChI is InChI=1S/C27H31N3O3/c1-4-14-32-22-12-13-23-24(16-28)26(30(18(2)3)25(23)15-22)20-8-10-21(11-9-20)29-27(31)33-17-19-6-5-7-19/h8-13,15,18-19H,4-7,14,17H2,1-3H3,(H,29,31). The highest BCUT2D eigenvalue weighted by molar-refractivity contribution is 5.95. The number of benzene rings is 2. The fourth-order valence-corrected chi connectivity index (χ4v) is 4.25. The van der Waals surface area contributed by atoms with Gasteiger partial charge >= 0.3 is 6.09 Å². The number of hydrogen-bond acceptors (Lipinski definition) is 4. The lowest BCUT2D eigenvalue weighted by Crippen LogP contribution is -2.22. The molecule has 0 aliphatic heterocycles. The van der Waals surface area contributed by atoms with E-state index in [-0.39, 0.29) is 6.04 Å². The highest BCUT2D eigenvalue weighted by Crippen LogP contribution is 2.38. The normalized spacial score (nSPS) is 13.5. The van der Waals surface area contributed by atoms with Gasteiger partial charge in [0.15, 0.2) is 0 Å². The van der Waals surface area contributed by atoms with Crippen molar-refractivity contribution < 1.29 is 14.3 Å². The van der Waals surface area contributed by atoms with Crippen LogP contribution in [0.4, 0.5) is 10.5 Å². The maximum atomic E-state index is 12.1. The summed E-state index contributed by atoms with van der Waals surface area (Å²) in [5.74, 6) is 1.31. The number of rotatable bonds is 8. The molecular formula is C27H31N3O3. The summed E-state index contributed by atoms with van der Waals surface area (Å²) in [5, 5.41) is 13.7. The van der Waals surface area contributed by atoms with Crippen molar-refractivity contribution in [1.29, 1.82) is 5.26 Å². The smallest absolute Gasteiger partial charge is 0.411 e. The first-order valence-corrected chi connectivity index (χ1v) is 11.8.